The van der Waals surface area contributed by atoms with Gasteiger partial charge in [0.25, 0.3) is 5.91 Å². The Balaban J connectivity index is 2.66. The number of anilines is 1. The first-order valence-corrected chi connectivity index (χ1v) is 6.54. The number of pyridine rings is 1. The predicted octanol–water partition coefficient (Wildman–Crippen LogP) is 1.42. The van der Waals surface area contributed by atoms with Gasteiger partial charge in [0.2, 0.25) is 5.91 Å². The first-order chi connectivity index (χ1) is 9.23. The van der Waals surface area contributed by atoms with Crippen molar-refractivity contribution in [1.29, 1.82) is 0 Å². The Labute approximate surface area is 123 Å². The van der Waals surface area contributed by atoms with Crippen LogP contribution in [-0.2, 0) is 4.79 Å². The van der Waals surface area contributed by atoms with E-state index in [0.717, 1.165) is 0 Å². The first-order valence-electron chi connectivity index (χ1n) is 6.16. The summed E-state index contributed by atoms with van der Waals surface area (Å²) in [5.74, 6) is -0.235. The van der Waals surface area contributed by atoms with Crippen LogP contribution in [-0.4, -0.2) is 35.9 Å². The van der Waals surface area contributed by atoms with Crippen molar-refractivity contribution in [1.82, 2.24) is 15.6 Å². The average Bonchev–Trinajstić information content (AvgIpc) is 2.34. The van der Waals surface area contributed by atoms with Crippen molar-refractivity contribution >= 4 is 29.2 Å². The molecule has 1 aromatic heterocycles. The number of hydrogen-bond donors (Lipinski definition) is 3. The molecule has 0 saturated heterocycles. The normalized spacial score (nSPS) is 10.8. The van der Waals surface area contributed by atoms with Crippen molar-refractivity contribution in [3.63, 3.8) is 0 Å². The monoisotopic (exact) mass is 298 g/mol. The fourth-order valence-electron chi connectivity index (χ4n) is 1.45. The highest BCUT2D eigenvalue weighted by Crippen LogP contribution is 2.16. The Morgan fingerprint density at radius 3 is 2.50 bits per heavy atom. The zero-order valence-corrected chi connectivity index (χ0v) is 12.8. The van der Waals surface area contributed by atoms with Crippen LogP contribution in [0.15, 0.2) is 12.1 Å². The molecule has 1 rings (SSSR count). The van der Waals surface area contributed by atoms with Crippen molar-refractivity contribution in [3.8, 4) is 0 Å². The minimum Gasteiger partial charge on any atom is -0.373 e. The minimum atomic E-state index is -0.490. The second-order valence-corrected chi connectivity index (χ2v) is 5.66. The summed E-state index contributed by atoms with van der Waals surface area (Å²) in [5.41, 5.74) is -0.258. The maximum absolute atomic E-state index is 11.9. The van der Waals surface area contributed by atoms with Crippen molar-refractivity contribution in [3.05, 3.63) is 22.8 Å². The van der Waals surface area contributed by atoms with Crippen molar-refractivity contribution < 1.29 is 9.59 Å². The molecule has 0 spiro atoms. The lowest BCUT2D eigenvalue weighted by atomic mass is 10.1. The van der Waals surface area contributed by atoms with Gasteiger partial charge in [-0.2, -0.15) is 0 Å². The van der Waals surface area contributed by atoms with Crippen LogP contribution in [0.3, 0.4) is 0 Å². The minimum absolute atomic E-state index is 0.0853. The van der Waals surface area contributed by atoms with E-state index in [-0.39, 0.29) is 28.7 Å². The molecule has 0 unspecified atom stereocenters. The molecule has 0 fully saturated rings. The predicted molar refractivity (Wildman–Crippen MR) is 79.0 cm³/mol. The summed E-state index contributed by atoms with van der Waals surface area (Å²) in [6, 6.07) is 3.23. The lowest BCUT2D eigenvalue weighted by Gasteiger charge is -2.20. The Kier molecular flexibility index (Phi) is 5.33. The molecule has 6 nitrogen and oxygen atoms in total. The summed E-state index contributed by atoms with van der Waals surface area (Å²) >= 11 is 5.92. The number of hydrogen-bond acceptors (Lipinski definition) is 4. The number of carbonyl (C=O) groups excluding carboxylic acids is 2. The Morgan fingerprint density at radius 1 is 1.30 bits per heavy atom. The second kappa shape index (κ2) is 6.56. The van der Waals surface area contributed by atoms with Crippen LogP contribution in [0.2, 0.25) is 5.02 Å². The molecule has 0 aromatic carbocycles. The molecule has 2 amide bonds. The molecule has 0 radical (unpaired) electrons. The fraction of sp³-hybridized carbons (Fsp3) is 0.462. The number of nitrogens with one attached hydrogen (secondary N) is 3. The smallest absolute Gasteiger partial charge is 0.271 e. The summed E-state index contributed by atoms with van der Waals surface area (Å²) in [5, 5.41) is 8.28. The number of rotatable bonds is 4. The molecule has 0 aliphatic rings. The van der Waals surface area contributed by atoms with Crippen LogP contribution in [0, 0.1) is 0 Å². The third kappa shape index (κ3) is 5.05. The van der Waals surface area contributed by atoms with Crippen LogP contribution >= 0.6 is 11.6 Å². The van der Waals surface area contributed by atoms with Crippen molar-refractivity contribution in [2.75, 3.05) is 18.9 Å². The standard InChI is InChI=1S/C13H19ClN4O2/c1-13(2,3)18-10(19)7-16-12(20)11-8(14)5-6-9(15-4)17-11/h5-6H,7H2,1-4H3,(H,15,17)(H,16,20)(H,18,19). The van der Waals surface area contributed by atoms with E-state index < -0.39 is 5.91 Å². The van der Waals surface area contributed by atoms with Gasteiger partial charge in [-0.3, -0.25) is 9.59 Å². The zero-order valence-electron chi connectivity index (χ0n) is 12.0. The van der Waals surface area contributed by atoms with E-state index >= 15 is 0 Å². The summed E-state index contributed by atoms with van der Waals surface area (Å²) < 4.78 is 0. The van der Waals surface area contributed by atoms with Gasteiger partial charge in [-0.15, -0.1) is 0 Å². The lowest BCUT2D eigenvalue weighted by molar-refractivity contribution is -0.121. The van der Waals surface area contributed by atoms with E-state index in [1.54, 1.807) is 19.2 Å². The molecule has 1 heterocycles. The van der Waals surface area contributed by atoms with Crippen LogP contribution in [0.25, 0.3) is 0 Å². The van der Waals surface area contributed by atoms with Gasteiger partial charge < -0.3 is 16.0 Å². The topological polar surface area (TPSA) is 83.1 Å². The van der Waals surface area contributed by atoms with E-state index in [9.17, 15) is 9.59 Å². The fourth-order valence-corrected chi connectivity index (χ4v) is 1.64. The molecule has 0 atom stereocenters. The van der Waals surface area contributed by atoms with Gasteiger partial charge in [0.1, 0.15) is 11.5 Å². The molecule has 7 heteroatoms. The highest BCUT2D eigenvalue weighted by molar-refractivity contribution is 6.33. The van der Waals surface area contributed by atoms with Crippen LogP contribution in [0.1, 0.15) is 31.3 Å². The summed E-state index contributed by atoms with van der Waals surface area (Å²) in [6.07, 6.45) is 0. The molecular formula is C13H19ClN4O2. The van der Waals surface area contributed by atoms with Crippen LogP contribution in [0.4, 0.5) is 5.82 Å². The van der Waals surface area contributed by atoms with Gasteiger partial charge in [0.15, 0.2) is 0 Å². The molecule has 0 saturated carbocycles. The van der Waals surface area contributed by atoms with Gasteiger partial charge in [-0.25, -0.2) is 4.98 Å². The molecule has 20 heavy (non-hydrogen) atoms. The number of nitrogens with zero attached hydrogens (tertiary/aromatic N) is 1. The maximum Gasteiger partial charge on any atom is 0.271 e. The molecule has 0 bridgehead atoms. The van der Waals surface area contributed by atoms with Gasteiger partial charge >= 0.3 is 0 Å². The van der Waals surface area contributed by atoms with E-state index in [1.165, 1.54) is 0 Å². The third-order valence-electron chi connectivity index (χ3n) is 2.24. The average molecular weight is 299 g/mol. The molecule has 1 aromatic rings. The number of amides is 2. The maximum atomic E-state index is 11.9. The number of aromatic nitrogens is 1. The quantitative estimate of drug-likeness (QED) is 0.785. The summed E-state index contributed by atoms with van der Waals surface area (Å²) in [6.45, 7) is 5.46. The van der Waals surface area contributed by atoms with Crippen molar-refractivity contribution in [2.45, 2.75) is 26.3 Å². The van der Waals surface area contributed by atoms with Gasteiger partial charge in [0, 0.05) is 12.6 Å². The van der Waals surface area contributed by atoms with Gasteiger partial charge in [-0.1, -0.05) is 11.6 Å². The lowest BCUT2D eigenvalue weighted by Crippen LogP contribution is -2.46. The molecular weight excluding hydrogens is 280 g/mol. The van der Waals surface area contributed by atoms with Crippen LogP contribution < -0.4 is 16.0 Å². The van der Waals surface area contributed by atoms with Gasteiger partial charge in [-0.05, 0) is 32.9 Å². The van der Waals surface area contributed by atoms with E-state index in [0.29, 0.717) is 5.82 Å². The van der Waals surface area contributed by atoms with E-state index in [2.05, 4.69) is 20.9 Å². The number of halogens is 1. The highest BCUT2D eigenvalue weighted by atomic mass is 35.5. The summed E-state index contributed by atoms with van der Waals surface area (Å²) in [4.78, 5) is 27.6. The van der Waals surface area contributed by atoms with Crippen LogP contribution in [0.5, 0.6) is 0 Å². The Hall–Kier alpha value is -1.82. The molecule has 3 N–H and O–H groups in total. The molecule has 0 aliphatic carbocycles. The molecule has 110 valence electrons. The van der Waals surface area contributed by atoms with E-state index in [1.807, 2.05) is 20.8 Å². The Morgan fingerprint density at radius 2 is 1.95 bits per heavy atom. The van der Waals surface area contributed by atoms with E-state index in [4.69, 9.17) is 11.6 Å². The number of carbonyl (C=O) groups is 2. The Bertz CT molecular complexity index is 512. The highest BCUT2D eigenvalue weighted by Gasteiger charge is 2.17. The van der Waals surface area contributed by atoms with Gasteiger partial charge in [0.05, 0.1) is 11.6 Å². The zero-order chi connectivity index (χ0) is 15.3. The SMILES string of the molecule is CNc1ccc(Cl)c(C(=O)NCC(=O)NC(C)(C)C)n1. The second-order valence-electron chi connectivity index (χ2n) is 5.26. The molecule has 0 aliphatic heterocycles. The largest absolute Gasteiger partial charge is 0.373 e. The first kappa shape index (κ1) is 16.2. The third-order valence-corrected chi connectivity index (χ3v) is 2.55. The summed E-state index contributed by atoms with van der Waals surface area (Å²) in [7, 11) is 1.69. The van der Waals surface area contributed by atoms with Crippen molar-refractivity contribution in [2.24, 2.45) is 0 Å².